The van der Waals surface area contributed by atoms with Crippen LogP contribution in [0.4, 0.5) is 10.1 Å². The van der Waals surface area contributed by atoms with Gasteiger partial charge in [-0.3, -0.25) is 10.1 Å². The summed E-state index contributed by atoms with van der Waals surface area (Å²) < 4.78 is 24.1. The summed E-state index contributed by atoms with van der Waals surface area (Å²) in [6.07, 6.45) is 1.53. The van der Waals surface area contributed by atoms with Crippen LogP contribution in [0, 0.1) is 21.8 Å². The van der Waals surface area contributed by atoms with E-state index in [0.29, 0.717) is 19.3 Å². The van der Waals surface area contributed by atoms with E-state index in [1.54, 1.807) is 0 Å². The van der Waals surface area contributed by atoms with Gasteiger partial charge < -0.3 is 14.6 Å². The van der Waals surface area contributed by atoms with Crippen molar-refractivity contribution in [3.63, 3.8) is 0 Å². The molecule has 2 rings (SSSR count). The topological polar surface area (TPSA) is 98.9 Å². The van der Waals surface area contributed by atoms with Gasteiger partial charge in [0.2, 0.25) is 0 Å². The number of nitro benzene ring substituents is 1. The molecule has 8 heteroatoms. The molecule has 7 nitrogen and oxygen atoms in total. The normalized spacial score (nSPS) is 15.7. The van der Waals surface area contributed by atoms with Gasteiger partial charge >= 0.3 is 11.7 Å². The molecule has 0 saturated carbocycles. The SMILES string of the molecule is O=C(O)c1cc([N+](=O)[O-])c(OCC2CCOCC2)cc1F. The maximum absolute atomic E-state index is 13.6. The lowest BCUT2D eigenvalue weighted by molar-refractivity contribution is -0.386. The van der Waals surface area contributed by atoms with Gasteiger partial charge in [0.25, 0.3) is 0 Å². The third-order valence-corrected chi connectivity index (χ3v) is 3.29. The van der Waals surface area contributed by atoms with Crippen molar-refractivity contribution in [2.45, 2.75) is 12.8 Å². The van der Waals surface area contributed by atoms with E-state index in [1.807, 2.05) is 0 Å². The fourth-order valence-corrected chi connectivity index (χ4v) is 2.09. The lowest BCUT2D eigenvalue weighted by Gasteiger charge is -2.22. The second kappa shape index (κ2) is 6.49. The summed E-state index contributed by atoms with van der Waals surface area (Å²) in [6.45, 7) is 1.40. The van der Waals surface area contributed by atoms with Crippen molar-refractivity contribution < 1.29 is 28.7 Å². The molecule has 0 unspecified atom stereocenters. The second-order valence-corrected chi connectivity index (χ2v) is 4.73. The Hall–Kier alpha value is -2.22. The molecule has 0 atom stereocenters. The average Bonchev–Trinajstić information content (AvgIpc) is 2.45. The molecule has 1 aromatic rings. The van der Waals surface area contributed by atoms with Crippen LogP contribution >= 0.6 is 0 Å². The van der Waals surface area contributed by atoms with Crippen molar-refractivity contribution >= 4 is 11.7 Å². The highest BCUT2D eigenvalue weighted by molar-refractivity contribution is 5.89. The molecule has 0 bridgehead atoms. The molecule has 21 heavy (non-hydrogen) atoms. The highest BCUT2D eigenvalue weighted by Gasteiger charge is 2.24. The Morgan fingerprint density at radius 1 is 1.48 bits per heavy atom. The number of aromatic carboxylic acids is 1. The quantitative estimate of drug-likeness (QED) is 0.661. The molecule has 114 valence electrons. The molecule has 1 aromatic carbocycles. The minimum absolute atomic E-state index is 0.181. The van der Waals surface area contributed by atoms with E-state index >= 15 is 0 Å². The Bertz CT molecular complexity index is 556. The molecule has 1 aliphatic heterocycles. The Morgan fingerprint density at radius 2 is 2.14 bits per heavy atom. The largest absolute Gasteiger partial charge is 0.486 e. The summed E-state index contributed by atoms with van der Waals surface area (Å²) >= 11 is 0. The zero-order chi connectivity index (χ0) is 15.4. The number of rotatable bonds is 5. The Morgan fingerprint density at radius 3 is 2.71 bits per heavy atom. The lowest BCUT2D eigenvalue weighted by Crippen LogP contribution is -2.21. The van der Waals surface area contributed by atoms with E-state index in [9.17, 15) is 19.3 Å². The summed E-state index contributed by atoms with van der Waals surface area (Å²) in [4.78, 5) is 21.0. The predicted molar refractivity (Wildman–Crippen MR) is 69.1 cm³/mol. The molecule has 1 aliphatic rings. The highest BCUT2D eigenvalue weighted by Crippen LogP contribution is 2.31. The van der Waals surface area contributed by atoms with Crippen molar-refractivity contribution in [1.29, 1.82) is 0 Å². The number of halogens is 1. The highest BCUT2D eigenvalue weighted by atomic mass is 19.1. The number of ether oxygens (including phenoxy) is 2. The third kappa shape index (κ3) is 3.66. The van der Waals surface area contributed by atoms with E-state index < -0.39 is 28.0 Å². The number of hydrogen-bond acceptors (Lipinski definition) is 5. The number of carbonyl (C=O) groups is 1. The number of hydrogen-bond donors (Lipinski definition) is 1. The molecular weight excluding hydrogens is 285 g/mol. The standard InChI is InChI=1S/C13H14FNO6/c14-10-6-12(21-7-8-1-3-20-4-2-8)11(15(18)19)5-9(10)13(16)17/h5-6,8H,1-4,7H2,(H,16,17). The van der Waals surface area contributed by atoms with E-state index in [-0.39, 0.29) is 18.3 Å². The smallest absolute Gasteiger partial charge is 0.338 e. The molecule has 0 aromatic heterocycles. The van der Waals surface area contributed by atoms with Gasteiger partial charge in [0.15, 0.2) is 5.75 Å². The molecule has 1 saturated heterocycles. The van der Waals surface area contributed by atoms with Gasteiger partial charge in [0.05, 0.1) is 11.5 Å². The average molecular weight is 299 g/mol. The number of benzene rings is 1. The lowest BCUT2D eigenvalue weighted by atomic mass is 10.0. The van der Waals surface area contributed by atoms with Gasteiger partial charge in [0, 0.05) is 25.3 Å². The van der Waals surface area contributed by atoms with Crippen LogP contribution in [0.25, 0.3) is 0 Å². The number of carboxylic acid groups (broad SMARTS) is 1. The maximum atomic E-state index is 13.6. The monoisotopic (exact) mass is 299 g/mol. The fraction of sp³-hybridized carbons (Fsp3) is 0.462. The fourth-order valence-electron chi connectivity index (χ4n) is 2.09. The number of nitrogens with zero attached hydrogens (tertiary/aromatic N) is 1. The van der Waals surface area contributed by atoms with Crippen molar-refractivity contribution in [2.24, 2.45) is 5.92 Å². The molecule has 0 radical (unpaired) electrons. The van der Waals surface area contributed by atoms with Crippen LogP contribution < -0.4 is 4.74 Å². The van der Waals surface area contributed by atoms with Crippen LogP contribution in [0.2, 0.25) is 0 Å². The number of nitro groups is 1. The minimum Gasteiger partial charge on any atom is -0.486 e. The van der Waals surface area contributed by atoms with Crippen LogP contribution in [-0.4, -0.2) is 35.8 Å². The van der Waals surface area contributed by atoms with Crippen molar-refractivity contribution in [2.75, 3.05) is 19.8 Å². The predicted octanol–water partition coefficient (Wildman–Crippen LogP) is 2.24. The first-order valence-corrected chi connectivity index (χ1v) is 6.41. The van der Waals surface area contributed by atoms with Crippen molar-refractivity contribution in [1.82, 2.24) is 0 Å². The summed E-state index contributed by atoms with van der Waals surface area (Å²) in [6, 6.07) is 1.43. The Balaban J connectivity index is 2.19. The molecule has 0 aliphatic carbocycles. The van der Waals surface area contributed by atoms with Gasteiger partial charge in [-0.2, -0.15) is 0 Å². The van der Waals surface area contributed by atoms with Gasteiger partial charge in [-0.15, -0.1) is 0 Å². The molecule has 1 heterocycles. The minimum atomic E-state index is -1.56. The zero-order valence-electron chi connectivity index (χ0n) is 11.1. The third-order valence-electron chi connectivity index (χ3n) is 3.29. The summed E-state index contributed by atoms with van der Waals surface area (Å²) in [5.41, 5.74) is -1.30. The van der Waals surface area contributed by atoms with E-state index in [2.05, 4.69) is 0 Å². The van der Waals surface area contributed by atoms with Crippen molar-refractivity contribution in [3.8, 4) is 5.75 Å². The maximum Gasteiger partial charge on any atom is 0.338 e. The number of carboxylic acids is 1. The summed E-state index contributed by atoms with van der Waals surface area (Å²) in [5.74, 6) is -2.70. The van der Waals surface area contributed by atoms with Gasteiger partial charge in [-0.1, -0.05) is 0 Å². The van der Waals surface area contributed by atoms with Crippen LogP contribution in [0.5, 0.6) is 5.75 Å². The zero-order valence-corrected chi connectivity index (χ0v) is 11.1. The first-order chi connectivity index (χ1) is 9.99. The second-order valence-electron chi connectivity index (χ2n) is 4.73. The van der Waals surface area contributed by atoms with Gasteiger partial charge in [0.1, 0.15) is 11.4 Å². The van der Waals surface area contributed by atoms with Crippen molar-refractivity contribution in [3.05, 3.63) is 33.6 Å². The molecule has 0 amide bonds. The van der Waals surface area contributed by atoms with Crippen LogP contribution in [-0.2, 0) is 4.74 Å². The van der Waals surface area contributed by atoms with Gasteiger partial charge in [-0.25, -0.2) is 9.18 Å². The summed E-state index contributed by atoms with van der Waals surface area (Å²) in [5, 5.41) is 19.7. The van der Waals surface area contributed by atoms with Crippen LogP contribution in [0.1, 0.15) is 23.2 Å². The Kier molecular flexibility index (Phi) is 4.69. The van der Waals surface area contributed by atoms with E-state index in [1.165, 1.54) is 0 Å². The molecule has 1 N–H and O–H groups in total. The van der Waals surface area contributed by atoms with E-state index in [4.69, 9.17) is 14.6 Å². The molecule has 1 fully saturated rings. The first-order valence-electron chi connectivity index (χ1n) is 6.41. The van der Waals surface area contributed by atoms with Crippen LogP contribution in [0.15, 0.2) is 12.1 Å². The summed E-state index contributed by atoms with van der Waals surface area (Å²) in [7, 11) is 0. The van der Waals surface area contributed by atoms with E-state index in [0.717, 1.165) is 18.9 Å². The van der Waals surface area contributed by atoms with Crippen LogP contribution in [0.3, 0.4) is 0 Å². The first kappa shape index (κ1) is 15.2. The molecular formula is C13H14FNO6. The van der Waals surface area contributed by atoms with Gasteiger partial charge in [-0.05, 0) is 18.8 Å². The molecule has 0 spiro atoms. The Labute approximate surface area is 119 Å².